The quantitative estimate of drug-likeness (QED) is 0.794. The lowest BCUT2D eigenvalue weighted by molar-refractivity contribution is 0.0918. The molecule has 0 spiro atoms. The average molecular weight is 410 g/mol. The highest BCUT2D eigenvalue weighted by molar-refractivity contribution is 6.30. The van der Waals surface area contributed by atoms with Crippen molar-refractivity contribution >= 4 is 29.9 Å². The lowest BCUT2D eigenvalue weighted by Crippen LogP contribution is -2.48. The number of benzene rings is 1. The minimum Gasteiger partial charge on any atom is -0.348 e. The lowest BCUT2D eigenvalue weighted by atomic mass is 9.99. The summed E-state index contributed by atoms with van der Waals surface area (Å²) in [5, 5.41) is 15.9. The summed E-state index contributed by atoms with van der Waals surface area (Å²) in [6.07, 6.45) is 6.05. The molecule has 2 bridgehead atoms. The van der Waals surface area contributed by atoms with Gasteiger partial charge >= 0.3 is 0 Å². The number of rotatable bonds is 5. The van der Waals surface area contributed by atoms with Gasteiger partial charge in [-0.3, -0.25) is 4.79 Å². The molecule has 2 aromatic rings. The van der Waals surface area contributed by atoms with Crippen molar-refractivity contribution in [3.8, 4) is 5.69 Å². The molecule has 27 heavy (non-hydrogen) atoms. The molecule has 146 valence electrons. The summed E-state index contributed by atoms with van der Waals surface area (Å²) in [7, 11) is 0. The Hall–Kier alpha value is -1.63. The molecule has 8 heteroatoms. The second-order valence-electron chi connectivity index (χ2n) is 7.31. The van der Waals surface area contributed by atoms with Gasteiger partial charge in [-0.05, 0) is 50.3 Å². The van der Waals surface area contributed by atoms with Crippen LogP contribution in [0, 0.1) is 0 Å². The first kappa shape index (κ1) is 20.1. The maximum atomic E-state index is 12.9. The molecule has 6 nitrogen and oxygen atoms in total. The Morgan fingerprint density at radius 1 is 1.33 bits per heavy atom. The molecule has 0 radical (unpaired) electrons. The predicted octanol–water partition coefficient (Wildman–Crippen LogP) is 3.31. The highest BCUT2D eigenvalue weighted by Crippen LogP contribution is 2.27. The Morgan fingerprint density at radius 2 is 2.07 bits per heavy atom. The van der Waals surface area contributed by atoms with Crippen LogP contribution in [0.15, 0.2) is 24.3 Å². The highest BCUT2D eigenvalue weighted by atomic mass is 35.5. The summed E-state index contributed by atoms with van der Waals surface area (Å²) in [6.45, 7) is 2.08. The molecule has 2 unspecified atom stereocenters. The summed E-state index contributed by atoms with van der Waals surface area (Å²) in [4.78, 5) is 12.9. The molecule has 2 atom stereocenters. The zero-order valence-corrected chi connectivity index (χ0v) is 16.9. The molecule has 2 fully saturated rings. The van der Waals surface area contributed by atoms with E-state index in [9.17, 15) is 4.79 Å². The normalized spacial score (nSPS) is 23.7. The Balaban J connectivity index is 0.00000210. The SMILES string of the molecule is CCCc1c(C(=O)NC2CC3CCC(C2)N3)nnn1-c1cccc(Cl)c1.Cl. The van der Waals surface area contributed by atoms with Crippen LogP contribution < -0.4 is 10.6 Å². The number of aromatic nitrogens is 3. The van der Waals surface area contributed by atoms with E-state index >= 15 is 0 Å². The minimum atomic E-state index is -0.118. The molecular formula is C19H25Cl2N5O. The highest BCUT2D eigenvalue weighted by Gasteiger charge is 2.34. The standard InChI is InChI=1S/C19H24ClN5O.ClH/c1-2-4-17-18(23-24-25(17)16-6-3-5-12(20)9-16)19(26)22-15-10-13-7-8-14(11-15)21-13;/h3,5-6,9,13-15,21H,2,4,7-8,10-11H2,1H3,(H,22,26);1H. The fourth-order valence-corrected chi connectivity index (χ4v) is 4.37. The molecule has 2 saturated heterocycles. The summed E-state index contributed by atoms with van der Waals surface area (Å²) < 4.78 is 1.73. The van der Waals surface area contributed by atoms with E-state index in [4.69, 9.17) is 11.6 Å². The van der Waals surface area contributed by atoms with Gasteiger partial charge in [0.2, 0.25) is 0 Å². The maximum Gasteiger partial charge on any atom is 0.273 e. The molecule has 2 aliphatic heterocycles. The molecule has 1 aromatic heterocycles. The van der Waals surface area contributed by atoms with Crippen molar-refractivity contribution in [1.29, 1.82) is 0 Å². The van der Waals surface area contributed by atoms with Gasteiger partial charge in [0.05, 0.1) is 11.4 Å². The van der Waals surface area contributed by atoms with Crippen molar-refractivity contribution in [3.05, 3.63) is 40.7 Å². The van der Waals surface area contributed by atoms with Gasteiger partial charge in [-0.1, -0.05) is 36.2 Å². The summed E-state index contributed by atoms with van der Waals surface area (Å²) in [5.74, 6) is -0.118. The largest absolute Gasteiger partial charge is 0.348 e. The molecule has 1 aromatic carbocycles. The number of nitrogens with zero attached hydrogens (tertiary/aromatic N) is 3. The molecule has 1 amide bonds. The van der Waals surface area contributed by atoms with Crippen LogP contribution in [0.4, 0.5) is 0 Å². The first-order valence-electron chi connectivity index (χ1n) is 9.41. The smallest absolute Gasteiger partial charge is 0.273 e. The van der Waals surface area contributed by atoms with E-state index in [-0.39, 0.29) is 24.4 Å². The van der Waals surface area contributed by atoms with Crippen LogP contribution >= 0.6 is 24.0 Å². The van der Waals surface area contributed by atoms with Crippen LogP contribution in [0.3, 0.4) is 0 Å². The van der Waals surface area contributed by atoms with Gasteiger partial charge in [0, 0.05) is 23.1 Å². The minimum absolute atomic E-state index is 0. The monoisotopic (exact) mass is 409 g/mol. The van der Waals surface area contributed by atoms with Crippen LogP contribution in [0.25, 0.3) is 5.69 Å². The molecule has 0 aliphatic carbocycles. The van der Waals surface area contributed by atoms with Gasteiger partial charge in [0.25, 0.3) is 5.91 Å². The van der Waals surface area contributed by atoms with Crippen molar-refractivity contribution in [2.75, 3.05) is 0 Å². The Morgan fingerprint density at radius 3 is 2.74 bits per heavy atom. The van der Waals surface area contributed by atoms with Gasteiger partial charge in [-0.25, -0.2) is 4.68 Å². The second-order valence-corrected chi connectivity index (χ2v) is 7.74. The number of piperidine rings is 1. The molecule has 3 heterocycles. The van der Waals surface area contributed by atoms with E-state index in [1.54, 1.807) is 4.68 Å². The molecule has 2 aliphatic rings. The van der Waals surface area contributed by atoms with E-state index in [2.05, 4.69) is 27.9 Å². The Bertz CT molecular complexity index is 797. The maximum absolute atomic E-state index is 12.9. The zero-order valence-electron chi connectivity index (χ0n) is 15.3. The fourth-order valence-electron chi connectivity index (χ4n) is 4.18. The van der Waals surface area contributed by atoms with Gasteiger partial charge < -0.3 is 10.6 Å². The van der Waals surface area contributed by atoms with E-state index in [0.29, 0.717) is 22.8 Å². The Kier molecular flexibility index (Phi) is 6.40. The van der Waals surface area contributed by atoms with Gasteiger partial charge in [0.1, 0.15) is 0 Å². The number of hydrogen-bond acceptors (Lipinski definition) is 4. The Labute approximate surface area is 170 Å². The van der Waals surface area contributed by atoms with Gasteiger partial charge in [-0.15, -0.1) is 17.5 Å². The van der Waals surface area contributed by atoms with E-state index in [1.807, 2.05) is 24.3 Å². The molecule has 0 saturated carbocycles. The van der Waals surface area contributed by atoms with E-state index < -0.39 is 0 Å². The van der Waals surface area contributed by atoms with Crippen LogP contribution in [-0.4, -0.2) is 39.0 Å². The van der Waals surface area contributed by atoms with Gasteiger partial charge in [0.15, 0.2) is 5.69 Å². The topological polar surface area (TPSA) is 71.8 Å². The first-order valence-corrected chi connectivity index (χ1v) is 9.79. The van der Waals surface area contributed by atoms with Crippen molar-refractivity contribution in [3.63, 3.8) is 0 Å². The lowest BCUT2D eigenvalue weighted by Gasteiger charge is -2.29. The second kappa shape index (κ2) is 8.59. The average Bonchev–Trinajstić information content (AvgIpc) is 3.18. The number of amides is 1. The summed E-state index contributed by atoms with van der Waals surface area (Å²) in [5.41, 5.74) is 2.09. The van der Waals surface area contributed by atoms with Crippen LogP contribution in [0.5, 0.6) is 0 Å². The fraction of sp³-hybridized carbons (Fsp3) is 0.526. The molecular weight excluding hydrogens is 385 g/mol. The summed E-state index contributed by atoms with van der Waals surface area (Å²) in [6, 6.07) is 8.74. The molecule has 4 rings (SSSR count). The third kappa shape index (κ3) is 4.28. The number of halogens is 2. The van der Waals surface area contributed by atoms with E-state index in [0.717, 1.165) is 37.1 Å². The predicted molar refractivity (Wildman–Crippen MR) is 108 cm³/mol. The van der Waals surface area contributed by atoms with Crippen molar-refractivity contribution < 1.29 is 4.79 Å². The van der Waals surface area contributed by atoms with Crippen LogP contribution in [0.1, 0.15) is 55.2 Å². The zero-order chi connectivity index (χ0) is 18.1. The number of carbonyl (C=O) groups is 1. The third-order valence-electron chi connectivity index (χ3n) is 5.33. The first-order chi connectivity index (χ1) is 12.6. The van der Waals surface area contributed by atoms with Crippen molar-refractivity contribution in [2.24, 2.45) is 0 Å². The van der Waals surface area contributed by atoms with E-state index in [1.165, 1.54) is 12.8 Å². The summed E-state index contributed by atoms with van der Waals surface area (Å²) >= 11 is 6.11. The molecule has 2 N–H and O–H groups in total. The van der Waals surface area contributed by atoms with Gasteiger partial charge in [-0.2, -0.15) is 0 Å². The van der Waals surface area contributed by atoms with Crippen molar-refractivity contribution in [2.45, 2.75) is 63.6 Å². The van der Waals surface area contributed by atoms with Crippen molar-refractivity contribution in [1.82, 2.24) is 25.6 Å². The third-order valence-corrected chi connectivity index (χ3v) is 5.56. The number of fused-ring (bicyclic) bond motifs is 2. The van der Waals surface area contributed by atoms with Crippen LogP contribution in [-0.2, 0) is 6.42 Å². The van der Waals surface area contributed by atoms with Crippen LogP contribution in [0.2, 0.25) is 5.02 Å². The number of hydrogen-bond donors (Lipinski definition) is 2. The number of carbonyl (C=O) groups excluding carboxylic acids is 1. The number of nitrogens with one attached hydrogen (secondary N) is 2.